The quantitative estimate of drug-likeness (QED) is 0.746. The van der Waals surface area contributed by atoms with Crippen LogP contribution < -0.4 is 0 Å². The van der Waals surface area contributed by atoms with E-state index in [1.165, 1.54) is 51.9 Å². The molecule has 3 heterocycles. The van der Waals surface area contributed by atoms with Crippen molar-refractivity contribution in [1.82, 2.24) is 9.80 Å². The Kier molecular flexibility index (Phi) is 4.52. The van der Waals surface area contributed by atoms with E-state index in [1.807, 2.05) is 0 Å². The Balaban J connectivity index is 1.35. The second-order valence-electron chi connectivity index (χ2n) is 5.87. The highest BCUT2D eigenvalue weighted by Crippen LogP contribution is 2.16. The topological polar surface area (TPSA) is 24.9 Å². The van der Waals surface area contributed by atoms with Crippen LogP contribution in [0.5, 0.6) is 0 Å². The van der Waals surface area contributed by atoms with Crippen LogP contribution >= 0.6 is 0 Å². The van der Waals surface area contributed by atoms with Gasteiger partial charge in [-0.15, -0.1) is 0 Å². The van der Waals surface area contributed by atoms with Crippen molar-refractivity contribution in [1.29, 1.82) is 0 Å². The van der Waals surface area contributed by atoms with E-state index >= 15 is 0 Å². The summed E-state index contributed by atoms with van der Waals surface area (Å²) in [7, 11) is 0. The van der Waals surface area contributed by atoms with Crippen molar-refractivity contribution in [3.05, 3.63) is 0 Å². The van der Waals surface area contributed by atoms with Crippen LogP contribution in [0, 0.1) is 0 Å². The molecule has 0 saturated carbocycles. The monoisotopic (exact) mass is 254 g/mol. The first-order chi connectivity index (χ1) is 8.90. The molecule has 0 bridgehead atoms. The summed E-state index contributed by atoms with van der Waals surface area (Å²) in [6.45, 7) is 9.05. The predicted molar refractivity (Wildman–Crippen MR) is 70.8 cm³/mol. The molecule has 4 nitrogen and oxygen atoms in total. The summed E-state index contributed by atoms with van der Waals surface area (Å²) in [5, 5.41) is 0. The van der Waals surface area contributed by atoms with Gasteiger partial charge in [0.05, 0.1) is 12.2 Å². The fourth-order valence-electron chi connectivity index (χ4n) is 3.31. The lowest BCUT2D eigenvalue weighted by Gasteiger charge is -2.36. The second kappa shape index (κ2) is 6.33. The molecule has 3 fully saturated rings. The van der Waals surface area contributed by atoms with Crippen LogP contribution in [0.3, 0.4) is 0 Å². The normalized spacial score (nSPS) is 35.3. The summed E-state index contributed by atoms with van der Waals surface area (Å²) in [6, 6.07) is 0. The number of nitrogens with zero attached hydrogens (tertiary/aromatic N) is 2. The molecule has 4 heteroatoms. The largest absolute Gasteiger partial charge is 0.377 e. The molecule has 0 spiro atoms. The average Bonchev–Trinajstić information content (AvgIpc) is 3.05. The zero-order valence-electron chi connectivity index (χ0n) is 11.4. The van der Waals surface area contributed by atoms with Gasteiger partial charge in [0.15, 0.2) is 0 Å². The molecule has 3 aliphatic heterocycles. The van der Waals surface area contributed by atoms with E-state index in [4.69, 9.17) is 9.47 Å². The first-order valence-corrected chi connectivity index (χ1v) is 7.58. The molecule has 0 unspecified atom stereocenters. The van der Waals surface area contributed by atoms with Crippen LogP contribution in [0.2, 0.25) is 0 Å². The molecule has 3 saturated heterocycles. The Morgan fingerprint density at radius 1 is 0.722 bits per heavy atom. The summed E-state index contributed by atoms with van der Waals surface area (Å²) < 4.78 is 11.4. The highest BCUT2D eigenvalue weighted by molar-refractivity contribution is 4.79. The van der Waals surface area contributed by atoms with E-state index in [2.05, 4.69) is 9.80 Å². The zero-order valence-corrected chi connectivity index (χ0v) is 11.4. The van der Waals surface area contributed by atoms with Gasteiger partial charge in [-0.05, 0) is 25.7 Å². The highest BCUT2D eigenvalue weighted by atomic mass is 16.5. The number of hydrogen-bond acceptors (Lipinski definition) is 4. The Bertz CT molecular complexity index is 216. The molecule has 104 valence electrons. The molecule has 0 aliphatic carbocycles. The molecule has 18 heavy (non-hydrogen) atoms. The van der Waals surface area contributed by atoms with Gasteiger partial charge < -0.3 is 9.47 Å². The predicted octanol–water partition coefficient (Wildman–Crippen LogP) is 0.962. The Hall–Kier alpha value is -0.160. The van der Waals surface area contributed by atoms with Crippen molar-refractivity contribution in [2.45, 2.75) is 37.9 Å². The van der Waals surface area contributed by atoms with Gasteiger partial charge in [0, 0.05) is 52.5 Å². The number of piperazine rings is 1. The molecule has 2 atom stereocenters. The maximum atomic E-state index is 5.71. The van der Waals surface area contributed by atoms with Crippen molar-refractivity contribution in [3.63, 3.8) is 0 Å². The Morgan fingerprint density at radius 2 is 1.17 bits per heavy atom. The van der Waals surface area contributed by atoms with Gasteiger partial charge in [0.1, 0.15) is 0 Å². The van der Waals surface area contributed by atoms with Crippen LogP contribution in [0.25, 0.3) is 0 Å². The molecule has 0 aromatic rings. The smallest absolute Gasteiger partial charge is 0.0702 e. The number of ether oxygens (including phenoxy) is 2. The van der Waals surface area contributed by atoms with Gasteiger partial charge in [-0.25, -0.2) is 0 Å². The molecule has 0 radical (unpaired) electrons. The van der Waals surface area contributed by atoms with Crippen molar-refractivity contribution in [2.24, 2.45) is 0 Å². The zero-order chi connectivity index (χ0) is 12.2. The van der Waals surface area contributed by atoms with Crippen molar-refractivity contribution >= 4 is 0 Å². The van der Waals surface area contributed by atoms with Crippen LogP contribution in [0.4, 0.5) is 0 Å². The van der Waals surface area contributed by atoms with Crippen LogP contribution in [0.15, 0.2) is 0 Å². The third kappa shape index (κ3) is 3.44. The summed E-state index contributed by atoms with van der Waals surface area (Å²) in [4.78, 5) is 5.14. The fraction of sp³-hybridized carbons (Fsp3) is 1.00. The van der Waals surface area contributed by atoms with Gasteiger partial charge in [0.25, 0.3) is 0 Å². The van der Waals surface area contributed by atoms with Crippen molar-refractivity contribution in [2.75, 3.05) is 52.5 Å². The van der Waals surface area contributed by atoms with E-state index < -0.39 is 0 Å². The van der Waals surface area contributed by atoms with Crippen LogP contribution in [0.1, 0.15) is 25.7 Å². The summed E-state index contributed by atoms with van der Waals surface area (Å²) in [5.41, 5.74) is 0. The minimum absolute atomic E-state index is 0.509. The molecule has 0 aromatic carbocycles. The fourth-order valence-corrected chi connectivity index (χ4v) is 3.31. The molecule has 0 N–H and O–H groups in total. The number of hydrogen-bond donors (Lipinski definition) is 0. The van der Waals surface area contributed by atoms with E-state index in [-0.39, 0.29) is 0 Å². The van der Waals surface area contributed by atoms with Gasteiger partial charge in [-0.3, -0.25) is 9.80 Å². The van der Waals surface area contributed by atoms with E-state index in [1.54, 1.807) is 0 Å². The Labute approximate surface area is 110 Å². The van der Waals surface area contributed by atoms with E-state index in [0.717, 1.165) is 26.3 Å². The lowest BCUT2D eigenvalue weighted by atomic mass is 10.2. The van der Waals surface area contributed by atoms with Crippen LogP contribution in [-0.2, 0) is 9.47 Å². The number of rotatable bonds is 4. The molecule has 3 rings (SSSR count). The van der Waals surface area contributed by atoms with Gasteiger partial charge in [-0.2, -0.15) is 0 Å². The van der Waals surface area contributed by atoms with Gasteiger partial charge in [0.2, 0.25) is 0 Å². The van der Waals surface area contributed by atoms with Gasteiger partial charge >= 0.3 is 0 Å². The third-order valence-electron chi connectivity index (χ3n) is 4.44. The summed E-state index contributed by atoms with van der Waals surface area (Å²) in [5.74, 6) is 0. The summed E-state index contributed by atoms with van der Waals surface area (Å²) in [6.07, 6.45) is 6.05. The first-order valence-electron chi connectivity index (χ1n) is 7.58. The maximum absolute atomic E-state index is 5.71. The van der Waals surface area contributed by atoms with Crippen LogP contribution in [-0.4, -0.2) is 74.5 Å². The SMILES string of the molecule is C1CO[C@@H](CN2CCN(C[C@@H]3CCCO3)CC2)C1. The average molecular weight is 254 g/mol. The second-order valence-corrected chi connectivity index (χ2v) is 5.87. The Morgan fingerprint density at radius 3 is 1.50 bits per heavy atom. The minimum atomic E-state index is 0.509. The standard InChI is InChI=1S/C14H26N2O2/c1-3-13(17-9-1)11-15-5-7-16(8-6-15)12-14-4-2-10-18-14/h13-14H,1-12H2/t13-,14+. The van der Waals surface area contributed by atoms with Crippen molar-refractivity contribution in [3.8, 4) is 0 Å². The molecule has 3 aliphatic rings. The van der Waals surface area contributed by atoms with Crippen molar-refractivity contribution < 1.29 is 9.47 Å². The maximum Gasteiger partial charge on any atom is 0.0702 e. The first kappa shape index (κ1) is 12.9. The van der Waals surface area contributed by atoms with E-state index in [0.29, 0.717) is 12.2 Å². The minimum Gasteiger partial charge on any atom is -0.377 e. The highest BCUT2D eigenvalue weighted by Gasteiger charge is 2.25. The molecule has 0 amide bonds. The molecule has 0 aromatic heterocycles. The summed E-state index contributed by atoms with van der Waals surface area (Å²) >= 11 is 0. The molecular weight excluding hydrogens is 228 g/mol. The van der Waals surface area contributed by atoms with Gasteiger partial charge in [-0.1, -0.05) is 0 Å². The lowest BCUT2D eigenvalue weighted by Crippen LogP contribution is -2.50. The lowest BCUT2D eigenvalue weighted by molar-refractivity contribution is 0.0288. The molecular formula is C14H26N2O2. The van der Waals surface area contributed by atoms with E-state index in [9.17, 15) is 0 Å². The third-order valence-corrected chi connectivity index (χ3v) is 4.44.